The number of rotatable bonds is 4. The quantitative estimate of drug-likeness (QED) is 0.899. The minimum Gasteiger partial charge on any atom is -0.477 e. The van der Waals surface area contributed by atoms with Crippen molar-refractivity contribution in [1.29, 1.82) is 0 Å². The van der Waals surface area contributed by atoms with Crippen molar-refractivity contribution in [2.45, 2.75) is 39.7 Å². The smallest absolute Gasteiger partial charge is 0.354 e. The van der Waals surface area contributed by atoms with Crippen molar-refractivity contribution in [3.8, 4) is 0 Å². The third-order valence-corrected chi connectivity index (χ3v) is 3.79. The molecule has 1 heterocycles. The van der Waals surface area contributed by atoms with Crippen molar-refractivity contribution < 1.29 is 9.90 Å². The Balaban J connectivity index is 2.35. The molecule has 0 bridgehead atoms. The zero-order valence-electron chi connectivity index (χ0n) is 12.2. The molecular weight excluding hydrogens is 242 g/mol. The molecule has 0 aliphatic heterocycles. The first-order valence-electron chi connectivity index (χ1n) is 6.77. The number of nitrogens with zero attached hydrogens (tertiary/aromatic N) is 3. The van der Waals surface area contributed by atoms with Crippen LogP contribution in [0.1, 0.15) is 42.0 Å². The summed E-state index contributed by atoms with van der Waals surface area (Å²) in [6, 6.07) is 0. The van der Waals surface area contributed by atoms with Crippen LogP contribution >= 0.6 is 0 Å². The Morgan fingerprint density at radius 3 is 2.74 bits per heavy atom. The fraction of sp³-hybridized carbons (Fsp3) is 0.714. The van der Waals surface area contributed by atoms with Crippen molar-refractivity contribution in [3.63, 3.8) is 0 Å². The molecule has 5 heteroatoms. The van der Waals surface area contributed by atoms with Crippen LogP contribution in [-0.2, 0) is 19.4 Å². The second-order valence-electron chi connectivity index (χ2n) is 6.45. The van der Waals surface area contributed by atoms with E-state index in [2.05, 4.69) is 18.9 Å². The molecule has 1 aromatic rings. The summed E-state index contributed by atoms with van der Waals surface area (Å²) in [7, 11) is 3.96. The number of likely N-dealkylation sites (N-methyl/N-ethyl adjacent to an activating group) is 1. The summed E-state index contributed by atoms with van der Waals surface area (Å²) in [5.41, 5.74) is 2.50. The van der Waals surface area contributed by atoms with E-state index in [1.165, 1.54) is 0 Å². The first-order chi connectivity index (χ1) is 8.80. The highest BCUT2D eigenvalue weighted by Gasteiger charge is 2.32. The summed E-state index contributed by atoms with van der Waals surface area (Å²) >= 11 is 0. The van der Waals surface area contributed by atoms with Crippen LogP contribution in [0.2, 0.25) is 0 Å². The molecule has 0 atom stereocenters. The number of carboxylic acid groups (broad SMARTS) is 1. The van der Waals surface area contributed by atoms with Crippen LogP contribution < -0.4 is 0 Å². The van der Waals surface area contributed by atoms with Crippen molar-refractivity contribution in [1.82, 2.24) is 14.7 Å². The minimum absolute atomic E-state index is 0.173. The summed E-state index contributed by atoms with van der Waals surface area (Å²) in [4.78, 5) is 13.6. The Morgan fingerprint density at radius 2 is 2.16 bits per heavy atom. The number of aromatic nitrogens is 2. The third-order valence-electron chi connectivity index (χ3n) is 3.79. The maximum absolute atomic E-state index is 11.5. The number of carbonyl (C=O) groups is 1. The van der Waals surface area contributed by atoms with Gasteiger partial charge in [0.05, 0.1) is 12.2 Å². The molecule has 0 radical (unpaired) electrons. The molecule has 0 aromatic carbocycles. The van der Waals surface area contributed by atoms with E-state index in [0.29, 0.717) is 12.2 Å². The lowest BCUT2D eigenvalue weighted by Gasteiger charge is -2.28. The molecule has 1 N–H and O–H groups in total. The third kappa shape index (κ3) is 2.97. The van der Waals surface area contributed by atoms with Gasteiger partial charge in [0, 0.05) is 12.1 Å². The van der Waals surface area contributed by atoms with Crippen molar-refractivity contribution in [2.75, 3.05) is 20.6 Å². The number of fused-ring (bicyclic) bond motifs is 1. The molecule has 1 aliphatic rings. The predicted molar refractivity (Wildman–Crippen MR) is 73.5 cm³/mol. The molecule has 0 amide bonds. The average Bonchev–Trinajstić information content (AvgIpc) is 2.62. The molecule has 1 aliphatic carbocycles. The van der Waals surface area contributed by atoms with Gasteiger partial charge in [-0.2, -0.15) is 5.10 Å². The zero-order chi connectivity index (χ0) is 14.2. The van der Waals surface area contributed by atoms with Gasteiger partial charge in [0.25, 0.3) is 0 Å². The molecule has 2 rings (SSSR count). The highest BCUT2D eigenvalue weighted by Crippen LogP contribution is 2.35. The molecule has 19 heavy (non-hydrogen) atoms. The van der Waals surface area contributed by atoms with E-state index in [1.54, 1.807) is 4.68 Å². The predicted octanol–water partition coefficient (Wildman–Crippen LogP) is 1.66. The standard InChI is InChI=1S/C14H23N3O2/c1-14(2)6-5-11-10(9-14)12(13(18)19)17(15-11)8-7-16(3)4/h5-9H2,1-4H3,(H,18,19). The van der Waals surface area contributed by atoms with Gasteiger partial charge in [0.1, 0.15) is 5.69 Å². The molecule has 1 aromatic heterocycles. The Labute approximate surface area is 114 Å². The first-order valence-corrected chi connectivity index (χ1v) is 6.77. The molecule has 0 saturated heterocycles. The summed E-state index contributed by atoms with van der Waals surface area (Å²) < 4.78 is 1.67. The van der Waals surface area contributed by atoms with Gasteiger partial charge in [-0.25, -0.2) is 4.79 Å². The highest BCUT2D eigenvalue weighted by atomic mass is 16.4. The SMILES string of the molecule is CN(C)CCn1nc2c(c1C(=O)O)CC(C)(C)CC2. The van der Waals surface area contributed by atoms with Gasteiger partial charge in [0.15, 0.2) is 0 Å². The van der Waals surface area contributed by atoms with Gasteiger partial charge < -0.3 is 10.0 Å². The lowest BCUT2D eigenvalue weighted by molar-refractivity contribution is 0.0680. The largest absolute Gasteiger partial charge is 0.477 e. The molecule has 0 unspecified atom stereocenters. The van der Waals surface area contributed by atoms with Crippen molar-refractivity contribution in [3.05, 3.63) is 17.0 Å². The Morgan fingerprint density at radius 1 is 1.47 bits per heavy atom. The van der Waals surface area contributed by atoms with Crippen LogP contribution in [0.3, 0.4) is 0 Å². The van der Waals surface area contributed by atoms with Crippen LogP contribution in [0.25, 0.3) is 0 Å². The van der Waals surface area contributed by atoms with Gasteiger partial charge >= 0.3 is 5.97 Å². The summed E-state index contributed by atoms with van der Waals surface area (Å²) in [5, 5.41) is 14.0. The Bertz CT molecular complexity index is 489. The van der Waals surface area contributed by atoms with Crippen LogP contribution in [0.15, 0.2) is 0 Å². The molecular formula is C14H23N3O2. The topological polar surface area (TPSA) is 58.4 Å². The van der Waals surface area contributed by atoms with Gasteiger partial charge in [-0.15, -0.1) is 0 Å². The number of carboxylic acids is 1. The van der Waals surface area contributed by atoms with Crippen molar-refractivity contribution in [2.24, 2.45) is 5.41 Å². The number of hydrogen-bond acceptors (Lipinski definition) is 3. The molecule has 0 spiro atoms. The van der Waals surface area contributed by atoms with E-state index in [9.17, 15) is 9.90 Å². The van der Waals surface area contributed by atoms with Crippen LogP contribution in [0.4, 0.5) is 0 Å². The lowest BCUT2D eigenvalue weighted by Crippen LogP contribution is -2.24. The molecule has 0 saturated carbocycles. The lowest BCUT2D eigenvalue weighted by atomic mass is 9.76. The maximum atomic E-state index is 11.5. The summed E-state index contributed by atoms with van der Waals surface area (Å²) in [6.45, 7) is 5.81. The molecule has 106 valence electrons. The van der Waals surface area contributed by atoms with Crippen LogP contribution in [0, 0.1) is 5.41 Å². The van der Waals surface area contributed by atoms with E-state index in [-0.39, 0.29) is 5.41 Å². The average molecular weight is 265 g/mol. The normalized spacial score (nSPS) is 17.5. The Kier molecular flexibility index (Phi) is 3.67. The molecule has 0 fully saturated rings. The summed E-state index contributed by atoms with van der Waals surface area (Å²) in [5.74, 6) is -0.856. The Hall–Kier alpha value is -1.36. The van der Waals surface area contributed by atoms with Gasteiger partial charge in [0.2, 0.25) is 0 Å². The van der Waals surface area contributed by atoms with Crippen LogP contribution in [0.5, 0.6) is 0 Å². The second-order valence-corrected chi connectivity index (χ2v) is 6.45. The van der Waals surface area contributed by atoms with Gasteiger partial charge in [-0.05, 0) is 38.8 Å². The monoisotopic (exact) mass is 265 g/mol. The first kappa shape index (κ1) is 14.1. The van der Waals surface area contributed by atoms with E-state index < -0.39 is 5.97 Å². The van der Waals surface area contributed by atoms with E-state index >= 15 is 0 Å². The second kappa shape index (κ2) is 4.96. The summed E-state index contributed by atoms with van der Waals surface area (Å²) in [6.07, 6.45) is 2.77. The van der Waals surface area contributed by atoms with Gasteiger partial charge in [-0.1, -0.05) is 13.8 Å². The number of aryl methyl sites for hydroxylation is 1. The van der Waals surface area contributed by atoms with E-state index in [4.69, 9.17) is 0 Å². The van der Waals surface area contributed by atoms with E-state index in [0.717, 1.165) is 37.1 Å². The number of aromatic carboxylic acids is 1. The minimum atomic E-state index is -0.856. The number of hydrogen-bond donors (Lipinski definition) is 1. The highest BCUT2D eigenvalue weighted by molar-refractivity contribution is 5.88. The molecule has 5 nitrogen and oxygen atoms in total. The fourth-order valence-corrected chi connectivity index (χ4v) is 2.65. The van der Waals surface area contributed by atoms with Crippen molar-refractivity contribution >= 4 is 5.97 Å². The zero-order valence-corrected chi connectivity index (χ0v) is 12.2. The van der Waals surface area contributed by atoms with E-state index in [1.807, 2.05) is 19.0 Å². The van der Waals surface area contributed by atoms with Crippen LogP contribution in [-0.4, -0.2) is 46.4 Å². The fourth-order valence-electron chi connectivity index (χ4n) is 2.65. The maximum Gasteiger partial charge on any atom is 0.354 e. The van der Waals surface area contributed by atoms with Gasteiger partial charge in [-0.3, -0.25) is 4.68 Å².